The Morgan fingerprint density at radius 2 is 2.05 bits per heavy atom. The summed E-state index contributed by atoms with van der Waals surface area (Å²) in [7, 11) is -2.95. The molecule has 19 heavy (non-hydrogen) atoms. The maximum absolute atomic E-state index is 12.1. The Balaban J connectivity index is 1.97. The van der Waals surface area contributed by atoms with Crippen LogP contribution in [0.4, 0.5) is 0 Å². The number of benzene rings is 1. The van der Waals surface area contributed by atoms with Crippen LogP contribution < -0.4 is 0 Å². The summed E-state index contributed by atoms with van der Waals surface area (Å²) in [6.45, 7) is 0. The number of para-hydroxylation sites is 1. The normalized spacial score (nSPS) is 11.8. The number of H-pyrrole nitrogens is 1. The summed E-state index contributed by atoms with van der Waals surface area (Å²) < 4.78 is 22.0. The fourth-order valence-electron chi connectivity index (χ4n) is 1.76. The number of sulfone groups is 1. The molecule has 0 aliphatic rings. The summed E-state index contributed by atoms with van der Waals surface area (Å²) in [4.78, 5) is 15.1. The molecule has 6 heteroatoms. The minimum Gasteiger partial charge on any atom is -0.360 e. The van der Waals surface area contributed by atoms with Crippen LogP contribution in [-0.2, 0) is 9.84 Å². The average molecular weight is 297 g/mol. The molecule has 0 fully saturated rings. The molecule has 0 saturated heterocycles. The van der Waals surface area contributed by atoms with Crippen LogP contribution in [0.3, 0.4) is 0 Å². The first-order valence-electron chi connectivity index (χ1n) is 5.82. The van der Waals surface area contributed by atoms with Gasteiger partial charge in [0, 0.05) is 34.7 Å². The Bertz CT molecular complexity index is 689. The lowest BCUT2D eigenvalue weighted by atomic mass is 10.1. The second-order valence-electron chi connectivity index (χ2n) is 4.35. The Kier molecular flexibility index (Phi) is 4.31. The van der Waals surface area contributed by atoms with Gasteiger partial charge in [0.1, 0.15) is 9.84 Å². The quantitative estimate of drug-likeness (QED) is 0.655. The lowest BCUT2D eigenvalue weighted by Crippen LogP contribution is -2.08. The molecule has 0 spiro atoms. The predicted molar refractivity (Wildman–Crippen MR) is 79.7 cm³/mol. The van der Waals surface area contributed by atoms with E-state index >= 15 is 0 Å². The molecule has 1 aromatic carbocycles. The molecule has 1 N–H and O–H groups in total. The van der Waals surface area contributed by atoms with Crippen molar-refractivity contribution in [1.82, 2.24) is 4.98 Å². The standard InChI is InChI=1S/C13H15NO3S2/c1-19(16,17)7-6-18-9-13(15)11-8-14-12-5-3-2-4-10(11)12/h2-5,8,14H,6-7,9H2,1H3. The van der Waals surface area contributed by atoms with E-state index in [1.165, 1.54) is 18.0 Å². The number of aromatic amines is 1. The average Bonchev–Trinajstić information content (AvgIpc) is 2.77. The van der Waals surface area contributed by atoms with E-state index < -0.39 is 9.84 Å². The van der Waals surface area contributed by atoms with Crippen molar-refractivity contribution in [1.29, 1.82) is 0 Å². The monoisotopic (exact) mass is 297 g/mol. The lowest BCUT2D eigenvalue weighted by molar-refractivity contribution is 0.102. The highest BCUT2D eigenvalue weighted by Gasteiger charge is 2.12. The summed E-state index contributed by atoms with van der Waals surface area (Å²) in [6, 6.07) is 7.63. The van der Waals surface area contributed by atoms with Gasteiger partial charge < -0.3 is 4.98 Å². The zero-order chi connectivity index (χ0) is 13.9. The summed E-state index contributed by atoms with van der Waals surface area (Å²) in [5, 5.41) is 0.913. The number of fused-ring (bicyclic) bond motifs is 1. The van der Waals surface area contributed by atoms with Gasteiger partial charge in [0.2, 0.25) is 0 Å². The summed E-state index contributed by atoms with van der Waals surface area (Å²) in [5.74, 6) is 0.888. The van der Waals surface area contributed by atoms with Crippen molar-refractivity contribution in [2.45, 2.75) is 0 Å². The van der Waals surface area contributed by atoms with Gasteiger partial charge in [-0.3, -0.25) is 4.79 Å². The molecule has 4 nitrogen and oxygen atoms in total. The second-order valence-corrected chi connectivity index (χ2v) is 7.72. The largest absolute Gasteiger partial charge is 0.360 e. The van der Waals surface area contributed by atoms with Gasteiger partial charge in [-0.2, -0.15) is 11.8 Å². The molecule has 1 aromatic heterocycles. The number of thioether (sulfide) groups is 1. The summed E-state index contributed by atoms with van der Waals surface area (Å²) in [6.07, 6.45) is 2.92. The van der Waals surface area contributed by atoms with Gasteiger partial charge in [-0.25, -0.2) is 8.42 Å². The Labute approximate surface area is 116 Å². The molecule has 0 unspecified atom stereocenters. The molecule has 0 bridgehead atoms. The summed E-state index contributed by atoms with van der Waals surface area (Å²) in [5.41, 5.74) is 1.61. The number of nitrogens with one attached hydrogen (secondary N) is 1. The third-order valence-electron chi connectivity index (χ3n) is 2.72. The summed E-state index contributed by atoms with van der Waals surface area (Å²) >= 11 is 1.35. The van der Waals surface area contributed by atoms with Crippen molar-refractivity contribution in [3.05, 3.63) is 36.0 Å². The Morgan fingerprint density at radius 3 is 2.79 bits per heavy atom. The lowest BCUT2D eigenvalue weighted by Gasteiger charge is -2.00. The van der Waals surface area contributed by atoms with Crippen molar-refractivity contribution in [3.8, 4) is 0 Å². The number of rotatable bonds is 6. The highest BCUT2D eigenvalue weighted by Crippen LogP contribution is 2.19. The van der Waals surface area contributed by atoms with Gasteiger partial charge in [-0.15, -0.1) is 0 Å². The van der Waals surface area contributed by atoms with E-state index in [4.69, 9.17) is 0 Å². The van der Waals surface area contributed by atoms with Crippen LogP contribution in [0.15, 0.2) is 30.5 Å². The Hall–Kier alpha value is -1.27. The first-order valence-corrected chi connectivity index (χ1v) is 9.04. The van der Waals surface area contributed by atoms with Crippen molar-refractivity contribution in [2.24, 2.45) is 0 Å². The minimum absolute atomic E-state index is 0.0240. The molecule has 0 saturated carbocycles. The first kappa shape index (κ1) is 14.1. The SMILES string of the molecule is CS(=O)(=O)CCSCC(=O)c1c[nH]c2ccccc12. The molecular weight excluding hydrogens is 282 g/mol. The van der Waals surface area contributed by atoms with Gasteiger partial charge >= 0.3 is 0 Å². The van der Waals surface area contributed by atoms with E-state index in [1.807, 2.05) is 24.3 Å². The topological polar surface area (TPSA) is 67.0 Å². The number of aromatic nitrogens is 1. The van der Waals surface area contributed by atoms with Crippen molar-refractivity contribution in [3.63, 3.8) is 0 Å². The smallest absolute Gasteiger partial charge is 0.174 e. The molecule has 0 amide bonds. The maximum atomic E-state index is 12.1. The molecule has 2 rings (SSSR count). The number of ketones is 1. The molecule has 0 atom stereocenters. The van der Waals surface area contributed by atoms with Crippen LogP contribution in [0.25, 0.3) is 10.9 Å². The van der Waals surface area contributed by atoms with Gasteiger partial charge in [0.15, 0.2) is 5.78 Å². The molecule has 102 valence electrons. The van der Waals surface area contributed by atoms with Crippen LogP contribution in [0, 0.1) is 0 Å². The fourth-order valence-corrected chi connectivity index (χ4v) is 3.92. The number of hydrogen-bond acceptors (Lipinski definition) is 4. The van der Waals surface area contributed by atoms with Gasteiger partial charge in [-0.05, 0) is 6.07 Å². The second kappa shape index (κ2) is 5.79. The number of carbonyl (C=O) groups excluding carboxylic acids is 1. The van der Waals surface area contributed by atoms with Gasteiger partial charge in [0.05, 0.1) is 11.5 Å². The fraction of sp³-hybridized carbons (Fsp3) is 0.308. The van der Waals surface area contributed by atoms with E-state index in [2.05, 4.69) is 4.98 Å². The molecular formula is C13H15NO3S2. The number of Topliss-reactive ketones (excluding diaryl/α,β-unsaturated/α-hetero) is 1. The number of carbonyl (C=O) groups is 1. The predicted octanol–water partition coefficient (Wildman–Crippen LogP) is 2.13. The van der Waals surface area contributed by atoms with Gasteiger partial charge in [0.25, 0.3) is 0 Å². The maximum Gasteiger partial charge on any atom is 0.174 e. The van der Waals surface area contributed by atoms with Crippen molar-refractivity contribution >= 4 is 38.3 Å². The highest BCUT2D eigenvalue weighted by atomic mass is 32.2. The van der Waals surface area contributed by atoms with E-state index in [0.29, 0.717) is 17.1 Å². The van der Waals surface area contributed by atoms with Crippen LogP contribution in [0.2, 0.25) is 0 Å². The van der Waals surface area contributed by atoms with Gasteiger partial charge in [-0.1, -0.05) is 18.2 Å². The minimum atomic E-state index is -2.95. The highest BCUT2D eigenvalue weighted by molar-refractivity contribution is 8.01. The molecule has 0 radical (unpaired) electrons. The third kappa shape index (κ3) is 3.84. The zero-order valence-electron chi connectivity index (χ0n) is 10.5. The molecule has 0 aliphatic heterocycles. The third-order valence-corrected chi connectivity index (χ3v) is 4.88. The first-order chi connectivity index (χ1) is 8.97. The van der Waals surface area contributed by atoms with Crippen LogP contribution in [0.5, 0.6) is 0 Å². The molecule has 1 heterocycles. The van der Waals surface area contributed by atoms with E-state index in [-0.39, 0.29) is 11.5 Å². The molecule has 2 aromatic rings. The van der Waals surface area contributed by atoms with Crippen LogP contribution in [-0.4, -0.2) is 42.7 Å². The van der Waals surface area contributed by atoms with E-state index in [0.717, 1.165) is 10.9 Å². The van der Waals surface area contributed by atoms with Crippen LogP contribution >= 0.6 is 11.8 Å². The van der Waals surface area contributed by atoms with Crippen molar-refractivity contribution in [2.75, 3.05) is 23.5 Å². The zero-order valence-corrected chi connectivity index (χ0v) is 12.2. The van der Waals surface area contributed by atoms with Crippen molar-refractivity contribution < 1.29 is 13.2 Å². The molecule has 0 aliphatic carbocycles. The van der Waals surface area contributed by atoms with Crippen LogP contribution in [0.1, 0.15) is 10.4 Å². The Morgan fingerprint density at radius 1 is 1.32 bits per heavy atom. The van der Waals surface area contributed by atoms with E-state index in [1.54, 1.807) is 6.20 Å². The van der Waals surface area contributed by atoms with E-state index in [9.17, 15) is 13.2 Å². The number of hydrogen-bond donors (Lipinski definition) is 1.